The number of hydrogen-bond acceptors (Lipinski definition) is 3. The second-order valence-electron chi connectivity index (χ2n) is 1.97. The van der Waals surface area contributed by atoms with E-state index in [1.807, 2.05) is 0 Å². The zero-order valence-corrected chi connectivity index (χ0v) is 6.98. The zero-order chi connectivity index (χ0) is 8.20. The summed E-state index contributed by atoms with van der Waals surface area (Å²) in [6, 6.07) is 0. The Morgan fingerprint density at radius 3 is 2.10 bits per heavy atom. The van der Waals surface area contributed by atoms with E-state index < -0.39 is 15.5 Å². The van der Waals surface area contributed by atoms with Gasteiger partial charge in [-0.1, -0.05) is 13.8 Å². The Bertz CT molecular complexity index is 175. The van der Waals surface area contributed by atoms with Gasteiger partial charge in [-0.3, -0.25) is 9.87 Å². The fraction of sp³-hybridized carbons (Fsp3) is 1.00. The largest absolute Gasteiger partial charge is 0.299 e. The maximum atomic E-state index is 10.4. The Morgan fingerprint density at radius 2 is 2.00 bits per heavy atom. The Balaban J connectivity index is 4.08. The molecular weight excluding hydrogens is 154 g/mol. The van der Waals surface area contributed by atoms with Crippen molar-refractivity contribution in [3.05, 3.63) is 0 Å². The van der Waals surface area contributed by atoms with Crippen molar-refractivity contribution < 1.29 is 13.0 Å². The standard InChI is InChI=1S/C5H13NO3S/c1-3-5(6-4-2)10(7,8)9/h5-6H,3-4H2,1-2H3,(H,7,8,9). The van der Waals surface area contributed by atoms with Crippen LogP contribution < -0.4 is 5.32 Å². The van der Waals surface area contributed by atoms with Crippen molar-refractivity contribution in [1.29, 1.82) is 0 Å². The molecule has 0 saturated heterocycles. The molecule has 0 aliphatic rings. The van der Waals surface area contributed by atoms with E-state index in [9.17, 15) is 8.42 Å². The molecule has 0 aliphatic carbocycles. The molecule has 0 heterocycles. The van der Waals surface area contributed by atoms with Crippen molar-refractivity contribution in [2.45, 2.75) is 25.6 Å². The first-order valence-electron chi connectivity index (χ1n) is 3.22. The SMILES string of the molecule is CCNC(CC)S(=O)(=O)O. The number of rotatable bonds is 4. The Labute approximate surface area is 61.4 Å². The van der Waals surface area contributed by atoms with Gasteiger partial charge in [0, 0.05) is 0 Å². The van der Waals surface area contributed by atoms with Crippen LogP contribution in [-0.4, -0.2) is 24.9 Å². The highest BCUT2D eigenvalue weighted by Crippen LogP contribution is 1.98. The van der Waals surface area contributed by atoms with Crippen molar-refractivity contribution in [1.82, 2.24) is 5.32 Å². The number of hydrogen-bond donors (Lipinski definition) is 2. The summed E-state index contributed by atoms with van der Waals surface area (Å²) in [4.78, 5) is 0. The molecule has 62 valence electrons. The molecule has 0 saturated carbocycles. The molecule has 2 N–H and O–H groups in total. The molecule has 0 amide bonds. The molecule has 1 unspecified atom stereocenters. The third kappa shape index (κ3) is 3.14. The van der Waals surface area contributed by atoms with Gasteiger partial charge < -0.3 is 0 Å². The van der Waals surface area contributed by atoms with Gasteiger partial charge in [-0.2, -0.15) is 8.42 Å². The third-order valence-electron chi connectivity index (χ3n) is 1.16. The van der Waals surface area contributed by atoms with Crippen molar-refractivity contribution in [2.75, 3.05) is 6.54 Å². The van der Waals surface area contributed by atoms with Crippen LogP contribution >= 0.6 is 0 Å². The molecule has 0 rings (SSSR count). The summed E-state index contributed by atoms with van der Waals surface area (Å²) in [7, 11) is -3.89. The van der Waals surface area contributed by atoms with Crippen molar-refractivity contribution in [2.24, 2.45) is 0 Å². The average Bonchev–Trinajstić information content (AvgIpc) is 1.80. The molecule has 0 radical (unpaired) electrons. The molecule has 0 aliphatic heterocycles. The van der Waals surface area contributed by atoms with Gasteiger partial charge in [0.25, 0.3) is 10.1 Å². The van der Waals surface area contributed by atoms with Gasteiger partial charge in [-0.25, -0.2) is 0 Å². The lowest BCUT2D eigenvalue weighted by molar-refractivity contribution is 0.448. The highest BCUT2D eigenvalue weighted by molar-refractivity contribution is 7.86. The quantitative estimate of drug-likeness (QED) is 0.588. The van der Waals surface area contributed by atoms with Gasteiger partial charge in [-0.15, -0.1) is 0 Å². The van der Waals surface area contributed by atoms with Crippen LogP contribution in [-0.2, 0) is 10.1 Å². The van der Waals surface area contributed by atoms with Gasteiger partial charge in [-0.05, 0) is 13.0 Å². The van der Waals surface area contributed by atoms with E-state index in [1.54, 1.807) is 13.8 Å². The fourth-order valence-electron chi connectivity index (χ4n) is 0.688. The van der Waals surface area contributed by atoms with Crippen LogP contribution in [0.5, 0.6) is 0 Å². The molecule has 1 atom stereocenters. The molecule has 0 aromatic rings. The van der Waals surface area contributed by atoms with Crippen LogP contribution in [0.2, 0.25) is 0 Å². The summed E-state index contributed by atoms with van der Waals surface area (Å²) in [5.41, 5.74) is 0. The molecular formula is C5H13NO3S. The van der Waals surface area contributed by atoms with Crippen LogP contribution in [0.1, 0.15) is 20.3 Å². The van der Waals surface area contributed by atoms with E-state index in [0.29, 0.717) is 13.0 Å². The first-order valence-corrected chi connectivity index (χ1v) is 4.72. The second-order valence-corrected chi connectivity index (χ2v) is 3.57. The molecule has 10 heavy (non-hydrogen) atoms. The van der Waals surface area contributed by atoms with E-state index in [4.69, 9.17) is 4.55 Å². The molecule has 0 aromatic heterocycles. The lowest BCUT2D eigenvalue weighted by Gasteiger charge is -2.10. The van der Waals surface area contributed by atoms with Crippen LogP contribution in [0.4, 0.5) is 0 Å². The van der Waals surface area contributed by atoms with Crippen molar-refractivity contribution in [3.8, 4) is 0 Å². The third-order valence-corrected chi connectivity index (χ3v) is 2.38. The molecule has 0 fully saturated rings. The zero-order valence-electron chi connectivity index (χ0n) is 6.16. The van der Waals surface area contributed by atoms with Gasteiger partial charge in [0.2, 0.25) is 0 Å². The monoisotopic (exact) mass is 167 g/mol. The van der Waals surface area contributed by atoms with Crippen LogP contribution in [0, 0.1) is 0 Å². The summed E-state index contributed by atoms with van der Waals surface area (Å²) in [5, 5.41) is 1.83. The van der Waals surface area contributed by atoms with Gasteiger partial charge in [0.1, 0.15) is 5.37 Å². The summed E-state index contributed by atoms with van der Waals surface area (Å²) in [6.07, 6.45) is 0.382. The lowest BCUT2D eigenvalue weighted by atomic mass is 10.5. The minimum absolute atomic E-state index is 0.382. The minimum Gasteiger partial charge on any atom is -0.299 e. The van der Waals surface area contributed by atoms with E-state index in [-0.39, 0.29) is 0 Å². The van der Waals surface area contributed by atoms with E-state index in [2.05, 4.69) is 5.32 Å². The van der Waals surface area contributed by atoms with E-state index >= 15 is 0 Å². The van der Waals surface area contributed by atoms with E-state index in [1.165, 1.54) is 0 Å². The molecule has 0 aromatic carbocycles. The Kier molecular flexibility index (Phi) is 3.85. The molecule has 0 spiro atoms. The fourth-order valence-corrected chi connectivity index (χ4v) is 1.49. The first-order chi connectivity index (χ1) is 4.52. The van der Waals surface area contributed by atoms with Crippen LogP contribution in [0.3, 0.4) is 0 Å². The van der Waals surface area contributed by atoms with Crippen molar-refractivity contribution in [3.63, 3.8) is 0 Å². The predicted molar refractivity (Wildman–Crippen MR) is 39.3 cm³/mol. The molecule has 0 bridgehead atoms. The Hall–Kier alpha value is -0.130. The van der Waals surface area contributed by atoms with Gasteiger partial charge >= 0.3 is 0 Å². The highest BCUT2D eigenvalue weighted by Gasteiger charge is 2.18. The van der Waals surface area contributed by atoms with Crippen LogP contribution in [0.15, 0.2) is 0 Å². The van der Waals surface area contributed by atoms with Gasteiger partial charge in [0.15, 0.2) is 0 Å². The summed E-state index contributed by atoms with van der Waals surface area (Å²) in [6.45, 7) is 4.02. The maximum absolute atomic E-state index is 10.4. The van der Waals surface area contributed by atoms with Gasteiger partial charge in [0.05, 0.1) is 0 Å². The lowest BCUT2D eigenvalue weighted by Crippen LogP contribution is -2.35. The summed E-state index contributed by atoms with van der Waals surface area (Å²) >= 11 is 0. The average molecular weight is 167 g/mol. The summed E-state index contributed by atoms with van der Waals surface area (Å²) in [5.74, 6) is 0. The molecule has 4 nitrogen and oxygen atoms in total. The smallest absolute Gasteiger partial charge is 0.281 e. The first kappa shape index (κ1) is 9.87. The topological polar surface area (TPSA) is 66.4 Å². The number of nitrogens with one attached hydrogen (secondary N) is 1. The predicted octanol–water partition coefficient (Wildman–Crippen LogP) is 0.220. The minimum atomic E-state index is -3.89. The summed E-state index contributed by atoms with van der Waals surface area (Å²) < 4.78 is 29.4. The van der Waals surface area contributed by atoms with E-state index in [0.717, 1.165) is 0 Å². The normalized spacial score (nSPS) is 15.1. The van der Waals surface area contributed by atoms with Crippen LogP contribution in [0.25, 0.3) is 0 Å². The second kappa shape index (κ2) is 3.90. The maximum Gasteiger partial charge on any atom is 0.281 e. The van der Waals surface area contributed by atoms with Crippen molar-refractivity contribution >= 4 is 10.1 Å². The highest BCUT2D eigenvalue weighted by atomic mass is 32.2. The molecule has 5 heteroatoms. The Morgan fingerprint density at radius 1 is 1.50 bits per heavy atom.